The van der Waals surface area contributed by atoms with Gasteiger partial charge in [-0.25, -0.2) is 0 Å². The van der Waals surface area contributed by atoms with Crippen molar-refractivity contribution in [2.75, 3.05) is 0 Å². The summed E-state index contributed by atoms with van der Waals surface area (Å²) in [7, 11) is 0. The average molecular weight is 180 g/mol. The maximum atomic E-state index is 9.06. The van der Waals surface area contributed by atoms with E-state index in [9.17, 15) is 0 Å². The van der Waals surface area contributed by atoms with Crippen LogP contribution in [0.1, 0.15) is 32.1 Å². The number of rotatable bonds is 3. The minimum Gasteiger partial charge on any atom is -0.505 e. The Morgan fingerprint density at radius 1 is 1.46 bits per heavy atom. The fraction of sp³-hybridized carbons (Fsp3) is 0.700. The summed E-state index contributed by atoms with van der Waals surface area (Å²) in [6.07, 6.45) is 9.95. The zero-order chi connectivity index (χ0) is 9.10. The molecule has 0 radical (unpaired) electrons. The first-order chi connectivity index (χ1) is 6.34. The molecule has 3 nitrogen and oxygen atoms in total. The van der Waals surface area contributed by atoms with Gasteiger partial charge in [0.15, 0.2) is 5.75 Å². The Balaban J connectivity index is 1.78. The van der Waals surface area contributed by atoms with Crippen LogP contribution >= 0.6 is 0 Å². The number of aromatic nitrogens is 2. The van der Waals surface area contributed by atoms with Gasteiger partial charge < -0.3 is 5.11 Å². The van der Waals surface area contributed by atoms with Crippen molar-refractivity contribution in [2.24, 2.45) is 5.92 Å². The van der Waals surface area contributed by atoms with Crippen molar-refractivity contribution in [1.82, 2.24) is 9.78 Å². The summed E-state index contributed by atoms with van der Waals surface area (Å²) >= 11 is 0. The Morgan fingerprint density at radius 2 is 2.23 bits per heavy atom. The third-order valence-electron chi connectivity index (χ3n) is 2.86. The third-order valence-corrected chi connectivity index (χ3v) is 2.86. The molecule has 0 unspecified atom stereocenters. The van der Waals surface area contributed by atoms with E-state index in [0.717, 1.165) is 12.5 Å². The molecule has 0 bridgehead atoms. The Labute approximate surface area is 78.4 Å². The van der Waals surface area contributed by atoms with E-state index in [0.29, 0.717) is 0 Å². The van der Waals surface area contributed by atoms with Crippen LogP contribution in [-0.4, -0.2) is 14.9 Å². The number of aryl methyl sites for hydroxylation is 1. The summed E-state index contributed by atoms with van der Waals surface area (Å²) < 4.78 is 1.83. The Kier molecular flexibility index (Phi) is 2.52. The van der Waals surface area contributed by atoms with Crippen LogP contribution in [-0.2, 0) is 6.54 Å². The van der Waals surface area contributed by atoms with Crippen molar-refractivity contribution in [3.05, 3.63) is 12.4 Å². The Bertz CT molecular complexity index is 264. The van der Waals surface area contributed by atoms with Crippen LogP contribution in [0.5, 0.6) is 5.75 Å². The molecule has 2 rings (SSSR count). The van der Waals surface area contributed by atoms with Gasteiger partial charge in [0, 0.05) is 6.54 Å². The van der Waals surface area contributed by atoms with Crippen LogP contribution in [0.4, 0.5) is 0 Å². The summed E-state index contributed by atoms with van der Waals surface area (Å²) in [5.41, 5.74) is 0. The summed E-state index contributed by atoms with van der Waals surface area (Å²) in [6, 6.07) is 0. The quantitative estimate of drug-likeness (QED) is 0.774. The lowest BCUT2D eigenvalue weighted by Crippen LogP contribution is -2.03. The molecule has 0 spiro atoms. The van der Waals surface area contributed by atoms with E-state index in [2.05, 4.69) is 5.10 Å². The van der Waals surface area contributed by atoms with E-state index in [-0.39, 0.29) is 5.75 Å². The molecule has 72 valence electrons. The van der Waals surface area contributed by atoms with Crippen LogP contribution < -0.4 is 0 Å². The second-order valence-corrected chi connectivity index (χ2v) is 3.90. The van der Waals surface area contributed by atoms with E-state index in [1.165, 1.54) is 38.3 Å². The highest BCUT2D eigenvalue weighted by molar-refractivity contribution is 5.08. The first-order valence-corrected chi connectivity index (χ1v) is 5.06. The van der Waals surface area contributed by atoms with E-state index in [4.69, 9.17) is 5.11 Å². The largest absolute Gasteiger partial charge is 0.505 e. The topological polar surface area (TPSA) is 38.1 Å². The zero-order valence-electron chi connectivity index (χ0n) is 7.82. The highest BCUT2D eigenvalue weighted by Gasteiger charge is 2.14. The van der Waals surface area contributed by atoms with Gasteiger partial charge in [0.05, 0.1) is 12.4 Å². The smallest absolute Gasteiger partial charge is 0.153 e. The molecule has 0 amide bonds. The van der Waals surface area contributed by atoms with Gasteiger partial charge in [-0.1, -0.05) is 25.7 Å². The molecule has 1 N–H and O–H groups in total. The number of nitrogens with zero attached hydrogens (tertiary/aromatic N) is 2. The van der Waals surface area contributed by atoms with Crippen LogP contribution in [0.15, 0.2) is 12.4 Å². The predicted molar refractivity (Wildman–Crippen MR) is 50.5 cm³/mol. The van der Waals surface area contributed by atoms with Crippen molar-refractivity contribution in [1.29, 1.82) is 0 Å². The van der Waals surface area contributed by atoms with Gasteiger partial charge >= 0.3 is 0 Å². The van der Waals surface area contributed by atoms with Crippen LogP contribution in [0, 0.1) is 5.92 Å². The first-order valence-electron chi connectivity index (χ1n) is 5.06. The lowest BCUT2D eigenvalue weighted by molar-refractivity contribution is 0.436. The molecule has 0 aliphatic heterocycles. The lowest BCUT2D eigenvalue weighted by atomic mass is 10.0. The Morgan fingerprint density at radius 3 is 2.85 bits per heavy atom. The molecule has 0 aromatic carbocycles. The molecule has 1 aliphatic carbocycles. The van der Waals surface area contributed by atoms with Crippen LogP contribution in [0.2, 0.25) is 0 Å². The molecule has 0 atom stereocenters. The average Bonchev–Trinajstić information content (AvgIpc) is 2.71. The van der Waals surface area contributed by atoms with Gasteiger partial charge in [0.2, 0.25) is 0 Å². The van der Waals surface area contributed by atoms with Crippen molar-refractivity contribution in [2.45, 2.75) is 38.6 Å². The van der Waals surface area contributed by atoms with Crippen molar-refractivity contribution in [3.8, 4) is 5.75 Å². The number of hydrogen-bond donors (Lipinski definition) is 1. The fourth-order valence-corrected chi connectivity index (χ4v) is 2.09. The first kappa shape index (κ1) is 8.60. The highest BCUT2D eigenvalue weighted by atomic mass is 16.3. The highest BCUT2D eigenvalue weighted by Crippen LogP contribution is 2.27. The van der Waals surface area contributed by atoms with Crippen LogP contribution in [0.3, 0.4) is 0 Å². The van der Waals surface area contributed by atoms with Gasteiger partial charge in [0.1, 0.15) is 0 Å². The van der Waals surface area contributed by atoms with Crippen molar-refractivity contribution in [3.63, 3.8) is 0 Å². The molecule has 1 saturated carbocycles. The molecule has 13 heavy (non-hydrogen) atoms. The summed E-state index contributed by atoms with van der Waals surface area (Å²) in [4.78, 5) is 0. The van der Waals surface area contributed by atoms with E-state index >= 15 is 0 Å². The maximum absolute atomic E-state index is 9.06. The molecule has 1 fully saturated rings. The van der Waals surface area contributed by atoms with E-state index in [1.807, 2.05) is 4.68 Å². The normalized spacial score (nSPS) is 18.2. The fourth-order valence-electron chi connectivity index (χ4n) is 2.09. The molecule has 1 aliphatic rings. The molecule has 3 heteroatoms. The third kappa shape index (κ3) is 2.23. The van der Waals surface area contributed by atoms with Crippen molar-refractivity contribution >= 4 is 0 Å². The van der Waals surface area contributed by atoms with Gasteiger partial charge in [-0.15, -0.1) is 0 Å². The predicted octanol–water partition coefficient (Wildman–Crippen LogP) is 2.17. The van der Waals surface area contributed by atoms with Gasteiger partial charge in [0.25, 0.3) is 0 Å². The van der Waals surface area contributed by atoms with Gasteiger partial charge in [-0.3, -0.25) is 4.68 Å². The molecule has 1 aromatic heterocycles. The zero-order valence-corrected chi connectivity index (χ0v) is 7.82. The number of hydrogen-bond acceptors (Lipinski definition) is 2. The minimum atomic E-state index is 0.270. The SMILES string of the molecule is Oc1cnn(CCC2CCCC2)c1. The minimum absolute atomic E-state index is 0.270. The van der Waals surface area contributed by atoms with Gasteiger partial charge in [-0.05, 0) is 12.3 Å². The van der Waals surface area contributed by atoms with E-state index in [1.54, 1.807) is 6.20 Å². The second-order valence-electron chi connectivity index (χ2n) is 3.90. The van der Waals surface area contributed by atoms with Crippen molar-refractivity contribution < 1.29 is 5.11 Å². The van der Waals surface area contributed by atoms with E-state index < -0.39 is 0 Å². The molecule has 1 aromatic rings. The molecule has 1 heterocycles. The summed E-state index contributed by atoms with van der Waals surface area (Å²) in [6.45, 7) is 0.950. The second kappa shape index (κ2) is 3.81. The molecule has 0 saturated heterocycles. The summed E-state index contributed by atoms with van der Waals surface area (Å²) in [5, 5.41) is 13.1. The number of aromatic hydroxyl groups is 1. The lowest BCUT2D eigenvalue weighted by Gasteiger charge is -2.07. The maximum Gasteiger partial charge on any atom is 0.153 e. The van der Waals surface area contributed by atoms with Gasteiger partial charge in [-0.2, -0.15) is 5.10 Å². The standard InChI is InChI=1S/C10H16N2O/c13-10-7-11-12(8-10)6-5-9-3-1-2-4-9/h7-9,13H,1-6H2. The molecular formula is C10H16N2O. The monoisotopic (exact) mass is 180 g/mol. The summed E-state index contributed by atoms with van der Waals surface area (Å²) in [5.74, 6) is 1.16. The Hall–Kier alpha value is -0.990. The molecular weight excluding hydrogens is 164 g/mol. The van der Waals surface area contributed by atoms with Crippen LogP contribution in [0.25, 0.3) is 0 Å².